The monoisotopic (exact) mass is 412 g/mol. The van der Waals surface area contributed by atoms with Crippen LogP contribution in [0.15, 0.2) is 53.4 Å². The summed E-state index contributed by atoms with van der Waals surface area (Å²) in [7, 11) is -3.49. The number of rotatable bonds is 6. The number of hydrogen-bond acceptors (Lipinski definition) is 4. The van der Waals surface area contributed by atoms with E-state index in [1.54, 1.807) is 17.4 Å². The van der Waals surface area contributed by atoms with Crippen LogP contribution in [-0.2, 0) is 29.3 Å². The first kappa shape index (κ1) is 19.3. The van der Waals surface area contributed by atoms with Crippen molar-refractivity contribution in [2.45, 2.75) is 43.9 Å². The Bertz CT molecular complexity index is 1070. The second kappa shape index (κ2) is 8.15. The van der Waals surface area contributed by atoms with Gasteiger partial charge < -0.3 is 0 Å². The number of thiazole rings is 1. The highest BCUT2D eigenvalue weighted by Crippen LogP contribution is 2.28. The molecule has 0 saturated carbocycles. The first-order valence-corrected chi connectivity index (χ1v) is 12.0. The number of hydrogen-bond donors (Lipinski definition) is 1. The van der Waals surface area contributed by atoms with Crippen LogP contribution in [0.3, 0.4) is 0 Å². The van der Waals surface area contributed by atoms with Crippen LogP contribution in [0, 0.1) is 6.92 Å². The summed E-state index contributed by atoms with van der Waals surface area (Å²) < 4.78 is 28.2. The Balaban J connectivity index is 1.43. The molecule has 2 aromatic carbocycles. The first-order valence-electron chi connectivity index (χ1n) is 9.66. The topological polar surface area (TPSA) is 59.1 Å². The third-order valence-electron chi connectivity index (χ3n) is 5.19. The fourth-order valence-electron chi connectivity index (χ4n) is 3.62. The molecular formula is C22H24N2O2S2. The average molecular weight is 413 g/mol. The van der Waals surface area contributed by atoms with E-state index in [9.17, 15) is 8.42 Å². The lowest BCUT2D eigenvalue weighted by atomic mass is 9.92. The van der Waals surface area contributed by atoms with Gasteiger partial charge in [-0.25, -0.2) is 18.1 Å². The number of fused-ring (bicyclic) bond motifs is 1. The van der Waals surface area contributed by atoms with Gasteiger partial charge in [0.05, 0.1) is 10.6 Å². The Morgan fingerprint density at radius 2 is 1.79 bits per heavy atom. The maximum Gasteiger partial charge on any atom is 0.240 e. The van der Waals surface area contributed by atoms with Crippen molar-refractivity contribution in [1.29, 1.82) is 0 Å². The highest BCUT2D eigenvalue weighted by Gasteiger charge is 2.18. The highest BCUT2D eigenvalue weighted by atomic mass is 32.2. The van der Waals surface area contributed by atoms with Crippen LogP contribution in [-0.4, -0.2) is 19.9 Å². The smallest absolute Gasteiger partial charge is 0.240 e. The molecule has 1 aliphatic carbocycles. The molecule has 1 N–H and O–H groups in total. The minimum Gasteiger partial charge on any atom is -0.241 e. The lowest BCUT2D eigenvalue weighted by molar-refractivity contribution is 0.581. The van der Waals surface area contributed by atoms with E-state index < -0.39 is 10.0 Å². The number of nitrogens with one attached hydrogen (secondary N) is 1. The molecule has 0 atom stereocenters. The second-order valence-electron chi connectivity index (χ2n) is 7.18. The lowest BCUT2D eigenvalue weighted by Gasteiger charge is -2.16. The second-order valence-corrected chi connectivity index (χ2v) is 10.0. The van der Waals surface area contributed by atoms with E-state index in [-0.39, 0.29) is 0 Å². The number of benzene rings is 2. The quantitative estimate of drug-likeness (QED) is 0.648. The van der Waals surface area contributed by atoms with E-state index in [2.05, 4.69) is 9.71 Å². The average Bonchev–Trinajstić information content (AvgIpc) is 3.09. The summed E-state index contributed by atoms with van der Waals surface area (Å²) in [5.41, 5.74) is 4.53. The fraction of sp³-hybridized carbons (Fsp3) is 0.318. The Morgan fingerprint density at radius 1 is 1.04 bits per heavy atom. The molecule has 0 bridgehead atoms. The molecule has 0 amide bonds. The van der Waals surface area contributed by atoms with Gasteiger partial charge in [0, 0.05) is 17.0 Å². The van der Waals surface area contributed by atoms with E-state index >= 15 is 0 Å². The van der Waals surface area contributed by atoms with Crippen LogP contribution in [0.4, 0.5) is 0 Å². The van der Waals surface area contributed by atoms with Crippen LogP contribution in [0.1, 0.15) is 34.5 Å². The summed E-state index contributed by atoms with van der Waals surface area (Å²) in [5, 5.41) is 0.977. The molecule has 6 heteroatoms. The Kier molecular flexibility index (Phi) is 5.62. The zero-order valence-corrected chi connectivity index (χ0v) is 17.6. The molecule has 0 unspecified atom stereocenters. The van der Waals surface area contributed by atoms with E-state index in [4.69, 9.17) is 0 Å². The van der Waals surface area contributed by atoms with Gasteiger partial charge in [0.25, 0.3) is 0 Å². The molecule has 1 aliphatic rings. The van der Waals surface area contributed by atoms with Gasteiger partial charge in [-0.05, 0) is 62.3 Å². The van der Waals surface area contributed by atoms with Crippen LogP contribution in [0.2, 0.25) is 0 Å². The van der Waals surface area contributed by atoms with Crippen LogP contribution in [0.5, 0.6) is 0 Å². The summed E-state index contributed by atoms with van der Waals surface area (Å²) in [6.07, 6.45) is 4.99. The Labute approximate surface area is 170 Å². The predicted octanol–water partition coefficient (Wildman–Crippen LogP) is 4.52. The number of aryl methyl sites for hydroxylation is 3. The van der Waals surface area contributed by atoms with E-state index in [0.29, 0.717) is 17.9 Å². The number of aromatic nitrogens is 1. The zero-order chi connectivity index (χ0) is 19.6. The largest absolute Gasteiger partial charge is 0.241 e. The Morgan fingerprint density at radius 3 is 2.57 bits per heavy atom. The molecule has 1 heterocycles. The summed E-state index contributed by atoms with van der Waals surface area (Å²) in [5.74, 6) is 0. The van der Waals surface area contributed by atoms with Crippen molar-refractivity contribution in [1.82, 2.24) is 9.71 Å². The van der Waals surface area contributed by atoms with Gasteiger partial charge in [0.15, 0.2) is 0 Å². The van der Waals surface area contributed by atoms with Gasteiger partial charge >= 0.3 is 0 Å². The van der Waals surface area contributed by atoms with Crippen molar-refractivity contribution in [3.63, 3.8) is 0 Å². The lowest BCUT2D eigenvalue weighted by Crippen LogP contribution is -2.26. The van der Waals surface area contributed by atoms with Gasteiger partial charge in [-0.1, -0.05) is 36.4 Å². The molecule has 0 spiro atoms. The molecule has 1 aromatic heterocycles. The zero-order valence-electron chi connectivity index (χ0n) is 15.9. The van der Waals surface area contributed by atoms with Crippen molar-refractivity contribution >= 4 is 21.4 Å². The van der Waals surface area contributed by atoms with Crippen LogP contribution in [0.25, 0.3) is 10.6 Å². The summed E-state index contributed by atoms with van der Waals surface area (Å²) in [4.78, 5) is 6.14. The minimum absolute atomic E-state index is 0.372. The minimum atomic E-state index is -3.49. The molecule has 3 aromatic rings. The Hall–Kier alpha value is -2.02. The van der Waals surface area contributed by atoms with Crippen LogP contribution >= 0.6 is 11.3 Å². The molecule has 0 radical (unpaired) electrons. The number of nitrogens with zero attached hydrogens (tertiary/aromatic N) is 1. The molecule has 0 fully saturated rings. The molecule has 146 valence electrons. The standard InChI is InChI=1S/C22H24N2O2S2/c1-16-21(27-22(24-16)18-8-3-2-4-9-18)13-14-23-28(25,26)20-12-11-17-7-5-6-10-19(17)15-20/h2-4,8-9,11-12,15,23H,5-7,10,13-14H2,1H3. The molecule has 4 nitrogen and oxygen atoms in total. The van der Waals surface area contributed by atoms with E-state index in [0.717, 1.165) is 40.4 Å². The summed E-state index contributed by atoms with van der Waals surface area (Å²) >= 11 is 1.63. The van der Waals surface area contributed by atoms with Gasteiger partial charge in [-0.3, -0.25) is 0 Å². The third kappa shape index (κ3) is 4.19. The van der Waals surface area contributed by atoms with Gasteiger partial charge in [-0.15, -0.1) is 11.3 Å². The van der Waals surface area contributed by atoms with Gasteiger partial charge in [-0.2, -0.15) is 0 Å². The fourth-order valence-corrected chi connectivity index (χ4v) is 5.77. The van der Waals surface area contributed by atoms with Crippen molar-refractivity contribution in [2.75, 3.05) is 6.54 Å². The third-order valence-corrected chi connectivity index (χ3v) is 7.91. The van der Waals surface area contributed by atoms with Gasteiger partial charge in [0.2, 0.25) is 10.0 Å². The van der Waals surface area contributed by atoms with Crippen molar-refractivity contribution < 1.29 is 8.42 Å². The molecular weight excluding hydrogens is 388 g/mol. The molecule has 28 heavy (non-hydrogen) atoms. The van der Waals surface area contributed by atoms with E-state index in [1.165, 1.54) is 17.5 Å². The first-order chi connectivity index (χ1) is 13.5. The maximum absolute atomic E-state index is 12.7. The van der Waals surface area contributed by atoms with Crippen LogP contribution < -0.4 is 4.72 Å². The molecule has 0 saturated heterocycles. The maximum atomic E-state index is 12.7. The van der Waals surface area contributed by atoms with Crippen molar-refractivity contribution in [2.24, 2.45) is 0 Å². The van der Waals surface area contributed by atoms with E-state index in [1.807, 2.05) is 49.4 Å². The van der Waals surface area contributed by atoms with Crippen molar-refractivity contribution in [3.8, 4) is 10.6 Å². The SMILES string of the molecule is Cc1nc(-c2ccccc2)sc1CCNS(=O)(=O)c1ccc2c(c1)CCCC2. The summed E-state index contributed by atoms with van der Waals surface area (Å²) in [6.45, 7) is 2.35. The number of sulfonamides is 1. The van der Waals surface area contributed by atoms with Crippen molar-refractivity contribution in [3.05, 3.63) is 70.2 Å². The molecule has 4 rings (SSSR count). The normalized spacial score (nSPS) is 14.0. The highest BCUT2D eigenvalue weighted by molar-refractivity contribution is 7.89. The van der Waals surface area contributed by atoms with Gasteiger partial charge in [0.1, 0.15) is 5.01 Å². The summed E-state index contributed by atoms with van der Waals surface area (Å²) in [6, 6.07) is 15.6. The predicted molar refractivity (Wildman–Crippen MR) is 114 cm³/mol. The molecule has 0 aliphatic heterocycles.